The van der Waals surface area contributed by atoms with Gasteiger partial charge in [0.2, 0.25) is 0 Å². The third kappa shape index (κ3) is 2.92. The van der Waals surface area contributed by atoms with E-state index in [0.717, 1.165) is 11.1 Å². The van der Waals surface area contributed by atoms with E-state index in [-0.39, 0.29) is 32.4 Å². The molecule has 2 N–H and O–H groups in total. The lowest BCUT2D eigenvalue weighted by Gasteiger charge is -2.31. The number of nitrogens with zero attached hydrogens (tertiary/aromatic N) is 3. The standard InChI is InChI=1S/C20H19N3O7/c24-8-13-7-22(19(26)29-13)18-4-2-12(6-21-18)11-1-3-14-16(5-11)28-10-15-17(9-25)30-20(27)23(14)15/h1-6,13,15,17,24-25H,7-10H2/t13?,15-,17-/m0/s1. The third-order valence-electron chi connectivity index (χ3n) is 5.45. The van der Waals surface area contributed by atoms with Gasteiger partial charge in [0.25, 0.3) is 0 Å². The number of fused-ring (bicyclic) bond motifs is 3. The topological polar surface area (TPSA) is 122 Å². The molecule has 3 aliphatic heterocycles. The number of hydrogen-bond acceptors (Lipinski definition) is 8. The number of carbonyl (C=O) groups is 2. The van der Waals surface area contributed by atoms with Crippen molar-refractivity contribution in [3.8, 4) is 16.9 Å². The molecule has 2 saturated heterocycles. The van der Waals surface area contributed by atoms with Crippen LogP contribution in [-0.2, 0) is 9.47 Å². The molecule has 2 fully saturated rings. The molecule has 1 unspecified atom stereocenters. The van der Waals surface area contributed by atoms with Gasteiger partial charge in [-0.05, 0) is 29.8 Å². The van der Waals surface area contributed by atoms with Crippen molar-refractivity contribution in [1.82, 2.24) is 4.98 Å². The molecule has 0 aliphatic carbocycles. The molecular formula is C20H19N3O7. The number of carbonyl (C=O) groups excluding carboxylic acids is 2. The molecule has 4 heterocycles. The number of pyridine rings is 1. The van der Waals surface area contributed by atoms with Crippen LogP contribution in [0.1, 0.15) is 0 Å². The number of aliphatic hydroxyl groups excluding tert-OH is 2. The summed E-state index contributed by atoms with van der Waals surface area (Å²) in [7, 11) is 0. The molecule has 3 atom stereocenters. The van der Waals surface area contributed by atoms with E-state index in [9.17, 15) is 14.7 Å². The number of aliphatic hydroxyl groups is 2. The number of rotatable bonds is 4. The van der Waals surface area contributed by atoms with Crippen LogP contribution in [0.3, 0.4) is 0 Å². The second-order valence-electron chi connectivity index (χ2n) is 7.24. The fraction of sp³-hybridized carbons (Fsp3) is 0.350. The predicted octanol–water partition coefficient (Wildman–Crippen LogP) is 1.14. The Hall–Kier alpha value is -3.37. The van der Waals surface area contributed by atoms with Crippen molar-refractivity contribution in [3.63, 3.8) is 0 Å². The van der Waals surface area contributed by atoms with Gasteiger partial charge in [-0.1, -0.05) is 6.07 Å². The summed E-state index contributed by atoms with van der Waals surface area (Å²) < 4.78 is 16.1. The van der Waals surface area contributed by atoms with Gasteiger partial charge >= 0.3 is 12.2 Å². The molecule has 2 amide bonds. The normalized spacial score (nSPS) is 24.8. The summed E-state index contributed by atoms with van der Waals surface area (Å²) in [6, 6.07) is 8.60. The Morgan fingerprint density at radius 1 is 1.03 bits per heavy atom. The van der Waals surface area contributed by atoms with Crippen LogP contribution in [0, 0.1) is 0 Å². The first-order valence-electron chi connectivity index (χ1n) is 9.52. The summed E-state index contributed by atoms with van der Waals surface area (Å²) in [6.45, 7) is -0.0186. The van der Waals surface area contributed by atoms with E-state index >= 15 is 0 Å². The van der Waals surface area contributed by atoms with Gasteiger partial charge in [0.05, 0.1) is 25.4 Å². The van der Waals surface area contributed by atoms with Gasteiger partial charge in [0.15, 0.2) is 6.10 Å². The predicted molar refractivity (Wildman–Crippen MR) is 103 cm³/mol. The summed E-state index contributed by atoms with van der Waals surface area (Å²) in [6.07, 6.45) is -0.562. The van der Waals surface area contributed by atoms with E-state index in [0.29, 0.717) is 17.3 Å². The molecule has 3 aliphatic rings. The molecule has 10 heteroatoms. The molecule has 0 saturated carbocycles. The van der Waals surface area contributed by atoms with Crippen molar-refractivity contribution >= 4 is 23.7 Å². The van der Waals surface area contributed by atoms with E-state index in [1.807, 2.05) is 18.2 Å². The molecule has 156 valence electrons. The van der Waals surface area contributed by atoms with Crippen LogP contribution >= 0.6 is 0 Å². The van der Waals surface area contributed by atoms with E-state index < -0.39 is 24.4 Å². The zero-order valence-corrected chi connectivity index (χ0v) is 15.8. The molecule has 0 spiro atoms. The molecule has 10 nitrogen and oxygen atoms in total. The van der Waals surface area contributed by atoms with Gasteiger partial charge in [-0.2, -0.15) is 0 Å². The van der Waals surface area contributed by atoms with Crippen LogP contribution in [-0.4, -0.2) is 72.0 Å². The van der Waals surface area contributed by atoms with Crippen LogP contribution < -0.4 is 14.5 Å². The second kappa shape index (κ2) is 7.15. The third-order valence-corrected chi connectivity index (χ3v) is 5.45. The summed E-state index contributed by atoms with van der Waals surface area (Å²) in [5.41, 5.74) is 2.22. The minimum Gasteiger partial charge on any atom is -0.489 e. The lowest BCUT2D eigenvalue weighted by Crippen LogP contribution is -2.45. The minimum atomic E-state index is -0.607. The molecular weight excluding hydrogens is 394 g/mol. The van der Waals surface area contributed by atoms with Crippen LogP contribution in [0.25, 0.3) is 11.1 Å². The van der Waals surface area contributed by atoms with Gasteiger partial charge < -0.3 is 24.4 Å². The Morgan fingerprint density at radius 2 is 1.87 bits per heavy atom. The molecule has 30 heavy (non-hydrogen) atoms. The lowest BCUT2D eigenvalue weighted by molar-refractivity contribution is 0.0734. The highest BCUT2D eigenvalue weighted by Crippen LogP contribution is 2.41. The average Bonchev–Trinajstić information content (AvgIpc) is 3.32. The van der Waals surface area contributed by atoms with Gasteiger partial charge in [0, 0.05) is 11.8 Å². The zero-order valence-electron chi connectivity index (χ0n) is 15.8. The molecule has 2 aromatic rings. The Morgan fingerprint density at radius 3 is 2.57 bits per heavy atom. The fourth-order valence-corrected chi connectivity index (χ4v) is 3.89. The van der Waals surface area contributed by atoms with Crippen molar-refractivity contribution in [2.45, 2.75) is 18.2 Å². The van der Waals surface area contributed by atoms with Crippen LogP contribution in [0.2, 0.25) is 0 Å². The van der Waals surface area contributed by atoms with Crippen LogP contribution in [0.4, 0.5) is 21.1 Å². The Balaban J connectivity index is 1.39. The first-order chi connectivity index (χ1) is 14.6. The minimum absolute atomic E-state index is 0.230. The fourth-order valence-electron chi connectivity index (χ4n) is 3.89. The van der Waals surface area contributed by atoms with Crippen LogP contribution in [0.5, 0.6) is 5.75 Å². The highest BCUT2D eigenvalue weighted by Gasteiger charge is 2.46. The molecule has 0 radical (unpaired) electrons. The lowest BCUT2D eigenvalue weighted by atomic mass is 10.0. The maximum absolute atomic E-state index is 12.2. The largest absolute Gasteiger partial charge is 0.489 e. The highest BCUT2D eigenvalue weighted by atomic mass is 16.6. The number of aromatic nitrogens is 1. The van der Waals surface area contributed by atoms with Crippen molar-refractivity contribution < 1.29 is 34.0 Å². The second-order valence-corrected chi connectivity index (χ2v) is 7.24. The van der Waals surface area contributed by atoms with Gasteiger partial charge in [-0.3, -0.25) is 9.80 Å². The maximum Gasteiger partial charge on any atom is 0.416 e. The molecule has 0 bridgehead atoms. The summed E-state index contributed by atoms with van der Waals surface area (Å²) in [5.74, 6) is 0.976. The van der Waals surface area contributed by atoms with E-state index in [1.165, 1.54) is 9.80 Å². The highest BCUT2D eigenvalue weighted by molar-refractivity contribution is 5.94. The quantitative estimate of drug-likeness (QED) is 0.766. The smallest absolute Gasteiger partial charge is 0.416 e. The molecule has 1 aromatic carbocycles. The van der Waals surface area contributed by atoms with E-state index in [2.05, 4.69) is 4.98 Å². The van der Waals surface area contributed by atoms with Crippen molar-refractivity contribution in [2.75, 3.05) is 36.2 Å². The van der Waals surface area contributed by atoms with Gasteiger partial charge in [-0.25, -0.2) is 14.6 Å². The monoisotopic (exact) mass is 413 g/mol. The van der Waals surface area contributed by atoms with Crippen LogP contribution in [0.15, 0.2) is 36.5 Å². The Labute approximate surface area is 171 Å². The van der Waals surface area contributed by atoms with E-state index in [4.69, 9.17) is 19.3 Å². The number of benzene rings is 1. The van der Waals surface area contributed by atoms with Gasteiger partial charge in [-0.15, -0.1) is 0 Å². The first kappa shape index (κ1) is 18.6. The van der Waals surface area contributed by atoms with Crippen molar-refractivity contribution in [3.05, 3.63) is 36.5 Å². The van der Waals surface area contributed by atoms with Crippen molar-refractivity contribution in [2.24, 2.45) is 0 Å². The molecule has 5 rings (SSSR count). The number of anilines is 2. The first-order valence-corrected chi connectivity index (χ1v) is 9.52. The van der Waals surface area contributed by atoms with E-state index in [1.54, 1.807) is 18.3 Å². The number of ether oxygens (including phenoxy) is 3. The number of amides is 2. The number of hydrogen-bond donors (Lipinski definition) is 2. The summed E-state index contributed by atoms with van der Waals surface area (Å²) in [4.78, 5) is 31.3. The number of cyclic esters (lactones) is 2. The van der Waals surface area contributed by atoms with Gasteiger partial charge in [0.1, 0.15) is 30.3 Å². The summed E-state index contributed by atoms with van der Waals surface area (Å²) >= 11 is 0. The SMILES string of the molecule is O=C1OC(CO)CN1c1ccc(-c2ccc3c(c2)OC[C@H]2[C@H](CO)OC(=O)N32)cn1. The average molecular weight is 413 g/mol. The Bertz CT molecular complexity index is 996. The molecule has 1 aromatic heterocycles. The zero-order chi connectivity index (χ0) is 20.8. The Kier molecular flexibility index (Phi) is 4.44. The maximum atomic E-state index is 12.2. The van der Waals surface area contributed by atoms with Crippen molar-refractivity contribution in [1.29, 1.82) is 0 Å². The summed E-state index contributed by atoms with van der Waals surface area (Å²) in [5, 5.41) is 18.6.